The molecule has 2 N–H and O–H groups in total. The second-order valence-corrected chi connectivity index (χ2v) is 7.15. The van der Waals surface area contributed by atoms with Crippen molar-refractivity contribution in [3.05, 3.63) is 29.8 Å². The molecule has 146 valence electrons. The van der Waals surface area contributed by atoms with Crippen molar-refractivity contribution in [2.75, 3.05) is 39.3 Å². The number of carbonyl (C=O) groups excluding carboxylic acids is 3. The number of ether oxygens (including phenoxy) is 1. The van der Waals surface area contributed by atoms with Gasteiger partial charge in [-0.25, -0.2) is 4.79 Å². The van der Waals surface area contributed by atoms with Crippen molar-refractivity contribution in [1.29, 1.82) is 0 Å². The normalized spacial score (nSPS) is 29.8. The lowest BCUT2D eigenvalue weighted by atomic mass is 9.79. The third-order valence-corrected chi connectivity index (χ3v) is 5.63. The smallest absolute Gasteiger partial charge is 0.329 e. The van der Waals surface area contributed by atoms with Crippen molar-refractivity contribution in [3.8, 4) is 0 Å². The lowest BCUT2D eigenvalue weighted by Gasteiger charge is -2.30. The van der Waals surface area contributed by atoms with Crippen LogP contribution in [0.4, 0.5) is 5.69 Å². The molecule has 2 amide bonds. The van der Waals surface area contributed by atoms with Crippen LogP contribution in [0, 0.1) is 11.8 Å². The minimum Gasteiger partial charge on any atom is -0.468 e. The zero-order valence-electron chi connectivity index (χ0n) is 15.9. The van der Waals surface area contributed by atoms with Crippen molar-refractivity contribution >= 4 is 23.5 Å². The van der Waals surface area contributed by atoms with Crippen molar-refractivity contribution in [2.24, 2.45) is 11.8 Å². The van der Waals surface area contributed by atoms with Gasteiger partial charge < -0.3 is 14.7 Å². The summed E-state index contributed by atoms with van der Waals surface area (Å²) in [6.45, 7) is 1.30. The number of aliphatic hydroxyl groups is 1. The molecule has 2 aliphatic heterocycles. The largest absolute Gasteiger partial charge is 0.468 e. The topological polar surface area (TPSA) is 99.2 Å². The summed E-state index contributed by atoms with van der Waals surface area (Å²) in [6, 6.07) is 6.96. The number of hydrogen-bond acceptors (Lipinski definition) is 7. The zero-order chi connectivity index (χ0) is 19.9. The summed E-state index contributed by atoms with van der Waals surface area (Å²) >= 11 is 0. The minimum atomic E-state index is -1.64. The number of benzene rings is 1. The summed E-state index contributed by atoms with van der Waals surface area (Å²) in [4.78, 5) is 41.5. The van der Waals surface area contributed by atoms with Crippen molar-refractivity contribution < 1.29 is 24.2 Å². The quantitative estimate of drug-likeness (QED) is 0.549. The van der Waals surface area contributed by atoms with E-state index in [9.17, 15) is 19.5 Å². The molecule has 0 saturated carbocycles. The fraction of sp³-hybridized carbons (Fsp3) is 0.526. The lowest BCUT2D eigenvalue weighted by molar-refractivity contribution is -0.156. The first-order valence-corrected chi connectivity index (χ1v) is 8.91. The van der Waals surface area contributed by atoms with E-state index in [2.05, 4.69) is 5.32 Å². The SMILES string of the molecule is CCN1C(=O)[C@H]2[C@@H](c3ccc(N(C)C)cc3)N[C@@](CO)(C(=O)OC)[C@@H]2C1=O. The number of rotatable bonds is 5. The molecule has 27 heavy (non-hydrogen) atoms. The maximum Gasteiger partial charge on any atom is 0.329 e. The molecule has 8 nitrogen and oxygen atoms in total. The Morgan fingerprint density at radius 2 is 1.89 bits per heavy atom. The van der Waals surface area contributed by atoms with Crippen molar-refractivity contribution in [2.45, 2.75) is 18.5 Å². The van der Waals surface area contributed by atoms with Gasteiger partial charge in [0, 0.05) is 32.4 Å². The van der Waals surface area contributed by atoms with Crippen LogP contribution in [0.15, 0.2) is 24.3 Å². The van der Waals surface area contributed by atoms with E-state index in [4.69, 9.17) is 4.74 Å². The van der Waals surface area contributed by atoms with E-state index in [0.717, 1.165) is 16.2 Å². The number of methoxy groups -OCH3 is 1. The van der Waals surface area contributed by atoms with Crippen molar-refractivity contribution in [1.82, 2.24) is 10.2 Å². The van der Waals surface area contributed by atoms with Gasteiger partial charge in [-0.1, -0.05) is 12.1 Å². The fourth-order valence-electron chi connectivity index (χ4n) is 4.22. The molecule has 2 saturated heterocycles. The fourth-order valence-corrected chi connectivity index (χ4v) is 4.22. The number of amides is 2. The monoisotopic (exact) mass is 375 g/mol. The Morgan fingerprint density at radius 1 is 1.26 bits per heavy atom. The van der Waals surface area contributed by atoms with E-state index in [0.29, 0.717) is 0 Å². The third kappa shape index (κ3) is 2.71. The van der Waals surface area contributed by atoms with Gasteiger partial charge in [0.2, 0.25) is 11.8 Å². The maximum absolute atomic E-state index is 12.9. The van der Waals surface area contributed by atoms with Gasteiger partial charge in [0.05, 0.1) is 25.6 Å². The minimum absolute atomic E-state index is 0.222. The first kappa shape index (κ1) is 19.3. The van der Waals surface area contributed by atoms with E-state index in [1.54, 1.807) is 6.92 Å². The molecular formula is C19H25N3O5. The van der Waals surface area contributed by atoms with Crippen LogP contribution in [-0.2, 0) is 19.1 Å². The summed E-state index contributed by atoms with van der Waals surface area (Å²) in [5.41, 5.74) is 0.119. The average molecular weight is 375 g/mol. The molecule has 2 fully saturated rings. The summed E-state index contributed by atoms with van der Waals surface area (Å²) in [7, 11) is 5.05. The highest BCUT2D eigenvalue weighted by molar-refractivity contribution is 6.09. The molecule has 4 atom stereocenters. The number of aliphatic hydroxyl groups excluding tert-OH is 1. The number of nitrogens with one attached hydrogen (secondary N) is 1. The van der Waals surface area contributed by atoms with Crippen LogP contribution < -0.4 is 10.2 Å². The van der Waals surface area contributed by atoms with Crippen LogP contribution in [0.2, 0.25) is 0 Å². The Labute approximate surface area is 158 Å². The first-order valence-electron chi connectivity index (χ1n) is 8.91. The highest BCUT2D eigenvalue weighted by Crippen LogP contribution is 2.49. The van der Waals surface area contributed by atoms with Gasteiger partial charge in [0.15, 0.2) is 5.54 Å². The van der Waals surface area contributed by atoms with E-state index in [1.165, 1.54) is 7.11 Å². The van der Waals surface area contributed by atoms with Gasteiger partial charge in [0.25, 0.3) is 0 Å². The molecular weight excluding hydrogens is 350 g/mol. The molecule has 0 unspecified atom stereocenters. The number of esters is 1. The van der Waals surface area contributed by atoms with Crippen molar-refractivity contribution in [3.63, 3.8) is 0 Å². The van der Waals surface area contributed by atoms with Crippen LogP contribution in [0.5, 0.6) is 0 Å². The highest BCUT2D eigenvalue weighted by atomic mass is 16.5. The molecule has 0 radical (unpaired) electrons. The summed E-state index contributed by atoms with van der Waals surface area (Å²) in [5, 5.41) is 13.1. The van der Waals surface area contributed by atoms with Crippen LogP contribution >= 0.6 is 0 Å². The van der Waals surface area contributed by atoms with Crippen LogP contribution in [0.25, 0.3) is 0 Å². The van der Waals surface area contributed by atoms with Gasteiger partial charge in [-0.05, 0) is 24.6 Å². The van der Waals surface area contributed by atoms with Crippen LogP contribution in [0.3, 0.4) is 0 Å². The number of fused-ring (bicyclic) bond motifs is 1. The number of likely N-dealkylation sites (tertiary alicyclic amines) is 1. The van der Waals surface area contributed by atoms with Gasteiger partial charge in [0.1, 0.15) is 0 Å². The Balaban J connectivity index is 2.09. The Kier molecular flexibility index (Phi) is 4.96. The number of imide groups is 1. The molecule has 0 aliphatic carbocycles. The standard InChI is InChI=1S/C19H25N3O5/c1-5-22-16(24)13-14(17(22)25)19(10-23,18(26)27-4)20-15(13)11-6-8-12(9-7-11)21(2)3/h6-9,13-15,20,23H,5,10H2,1-4H3/t13-,14+,15-,19-/m1/s1. The zero-order valence-corrected chi connectivity index (χ0v) is 15.9. The van der Waals surface area contributed by atoms with E-state index >= 15 is 0 Å². The van der Waals surface area contributed by atoms with E-state index in [-0.39, 0.29) is 12.5 Å². The predicted octanol–water partition coefficient (Wildman–Crippen LogP) is -0.0779. The molecule has 8 heteroatoms. The molecule has 0 spiro atoms. The maximum atomic E-state index is 12.9. The average Bonchev–Trinajstić information content (AvgIpc) is 3.15. The number of carbonyl (C=O) groups is 3. The molecule has 0 aromatic heterocycles. The Morgan fingerprint density at radius 3 is 2.37 bits per heavy atom. The van der Waals surface area contributed by atoms with Crippen LogP contribution in [0.1, 0.15) is 18.5 Å². The summed E-state index contributed by atoms with van der Waals surface area (Å²) in [6.07, 6.45) is 0. The Bertz CT molecular complexity index is 763. The van der Waals surface area contributed by atoms with Gasteiger partial charge in [-0.3, -0.25) is 19.8 Å². The van der Waals surface area contributed by atoms with E-state index in [1.807, 2.05) is 43.3 Å². The molecule has 2 aliphatic rings. The van der Waals surface area contributed by atoms with Crippen LogP contribution in [-0.4, -0.2) is 67.7 Å². The lowest BCUT2D eigenvalue weighted by Crippen LogP contribution is -2.58. The van der Waals surface area contributed by atoms with Gasteiger partial charge in [-0.2, -0.15) is 0 Å². The molecule has 3 rings (SSSR count). The number of nitrogens with zero attached hydrogens (tertiary/aromatic N) is 2. The van der Waals surface area contributed by atoms with Gasteiger partial charge in [-0.15, -0.1) is 0 Å². The summed E-state index contributed by atoms with van der Waals surface area (Å²) < 4.78 is 4.87. The molecule has 0 bridgehead atoms. The molecule has 1 aromatic carbocycles. The predicted molar refractivity (Wildman–Crippen MR) is 97.9 cm³/mol. The second-order valence-electron chi connectivity index (χ2n) is 7.15. The number of anilines is 1. The highest BCUT2D eigenvalue weighted by Gasteiger charge is 2.68. The summed E-state index contributed by atoms with van der Waals surface area (Å²) in [5.74, 6) is -3.30. The second kappa shape index (κ2) is 6.94. The Hall–Kier alpha value is -2.45. The molecule has 2 heterocycles. The molecule has 1 aromatic rings. The van der Waals surface area contributed by atoms with Gasteiger partial charge >= 0.3 is 5.97 Å². The third-order valence-electron chi connectivity index (χ3n) is 5.63. The first-order chi connectivity index (χ1) is 12.8. The van der Waals surface area contributed by atoms with E-state index < -0.39 is 41.9 Å². The number of hydrogen-bond donors (Lipinski definition) is 2.